The molecule has 0 bridgehead atoms. The summed E-state index contributed by atoms with van der Waals surface area (Å²) in [6.07, 6.45) is 1.65. The van der Waals surface area contributed by atoms with Gasteiger partial charge in [-0.05, 0) is 37.6 Å². The average molecular weight is 314 g/mol. The molecule has 0 aliphatic heterocycles. The molecule has 2 rings (SSSR count). The number of nitrogens with zero attached hydrogens (tertiary/aromatic N) is 3. The Bertz CT molecular complexity index is 802. The van der Waals surface area contributed by atoms with Gasteiger partial charge in [0.1, 0.15) is 5.69 Å². The molecule has 0 fully saturated rings. The second kappa shape index (κ2) is 6.65. The van der Waals surface area contributed by atoms with Crippen LogP contribution in [0.3, 0.4) is 0 Å². The van der Waals surface area contributed by atoms with Gasteiger partial charge in [-0.1, -0.05) is 6.07 Å². The van der Waals surface area contributed by atoms with Crippen molar-refractivity contribution in [2.75, 3.05) is 5.32 Å². The van der Waals surface area contributed by atoms with E-state index in [0.29, 0.717) is 5.69 Å². The molecular weight excluding hydrogens is 300 g/mol. The number of nitro groups is 2. The predicted octanol–water partition coefficient (Wildman–Crippen LogP) is 4.28. The number of anilines is 2. The normalized spacial score (nSPS) is 10.7. The molecule has 0 saturated carbocycles. The van der Waals surface area contributed by atoms with E-state index in [2.05, 4.69) is 10.3 Å². The van der Waals surface area contributed by atoms with E-state index in [9.17, 15) is 20.2 Å². The molecule has 0 aliphatic rings. The van der Waals surface area contributed by atoms with Gasteiger partial charge in [0.25, 0.3) is 11.4 Å². The van der Waals surface area contributed by atoms with Gasteiger partial charge in [0.15, 0.2) is 0 Å². The zero-order valence-electron chi connectivity index (χ0n) is 12.5. The first-order valence-corrected chi connectivity index (χ1v) is 6.71. The lowest BCUT2D eigenvalue weighted by Crippen LogP contribution is -1.99. The summed E-state index contributed by atoms with van der Waals surface area (Å²) in [7, 11) is 0. The van der Waals surface area contributed by atoms with Crippen LogP contribution in [0.25, 0.3) is 0 Å². The monoisotopic (exact) mass is 314 g/mol. The average Bonchev–Trinajstić information content (AvgIpc) is 2.50. The highest BCUT2D eigenvalue weighted by atomic mass is 16.6. The number of hydrogen-bond acceptors (Lipinski definition) is 6. The predicted molar refractivity (Wildman–Crippen MR) is 88.0 cm³/mol. The summed E-state index contributed by atoms with van der Waals surface area (Å²) in [5.74, 6) is 0. The summed E-state index contributed by atoms with van der Waals surface area (Å²) in [6.45, 7) is 3.70. The van der Waals surface area contributed by atoms with E-state index >= 15 is 0 Å². The van der Waals surface area contributed by atoms with Crippen molar-refractivity contribution in [2.24, 2.45) is 4.99 Å². The minimum Gasteiger partial charge on any atom is -0.350 e. The molecule has 0 amide bonds. The van der Waals surface area contributed by atoms with Gasteiger partial charge >= 0.3 is 0 Å². The van der Waals surface area contributed by atoms with Crippen molar-refractivity contribution in [1.29, 1.82) is 0 Å². The van der Waals surface area contributed by atoms with Gasteiger partial charge in [0.2, 0.25) is 0 Å². The maximum atomic E-state index is 11.1. The third kappa shape index (κ3) is 3.67. The van der Waals surface area contributed by atoms with Gasteiger partial charge in [-0.25, -0.2) is 0 Å². The van der Waals surface area contributed by atoms with Gasteiger partial charge in [-0.15, -0.1) is 0 Å². The van der Waals surface area contributed by atoms with Crippen molar-refractivity contribution in [1.82, 2.24) is 0 Å². The van der Waals surface area contributed by atoms with E-state index in [1.54, 1.807) is 25.3 Å². The van der Waals surface area contributed by atoms with Crippen LogP contribution in [0.5, 0.6) is 0 Å². The topological polar surface area (TPSA) is 111 Å². The summed E-state index contributed by atoms with van der Waals surface area (Å²) in [6, 6.07) is 8.81. The molecule has 0 atom stereocenters. The van der Waals surface area contributed by atoms with Crippen molar-refractivity contribution in [3.05, 3.63) is 62.2 Å². The second-order valence-electron chi connectivity index (χ2n) is 4.73. The number of aryl methyl sites for hydroxylation is 1. The second-order valence-corrected chi connectivity index (χ2v) is 4.73. The standard InChI is InChI=1S/C15H14N4O4/c1-3-16-14-8-11(5-4-10(14)2)17-13-7-6-12(18(20)21)9-15(13)19(22)23/h3-9,17H,1-2H3/b16-3-. The number of aliphatic imine (C=N–C) groups is 1. The summed E-state index contributed by atoms with van der Waals surface area (Å²) in [4.78, 5) is 24.8. The SMILES string of the molecule is C/C=N\c1cc(Nc2ccc([N+](=O)[O-])cc2[N+](=O)[O-])ccc1C. The Morgan fingerprint density at radius 1 is 1.09 bits per heavy atom. The van der Waals surface area contributed by atoms with Gasteiger partial charge in [-0.2, -0.15) is 0 Å². The van der Waals surface area contributed by atoms with Gasteiger partial charge < -0.3 is 5.32 Å². The molecule has 0 unspecified atom stereocenters. The van der Waals surface area contributed by atoms with Crippen molar-refractivity contribution < 1.29 is 9.85 Å². The maximum Gasteiger partial charge on any atom is 0.299 e. The lowest BCUT2D eigenvalue weighted by atomic mass is 10.1. The molecule has 23 heavy (non-hydrogen) atoms. The lowest BCUT2D eigenvalue weighted by molar-refractivity contribution is -0.393. The van der Waals surface area contributed by atoms with Gasteiger partial charge in [0.05, 0.1) is 21.6 Å². The molecule has 8 nitrogen and oxygen atoms in total. The van der Waals surface area contributed by atoms with Crippen molar-refractivity contribution >= 4 is 34.7 Å². The fourth-order valence-electron chi connectivity index (χ4n) is 2.01. The number of benzene rings is 2. The number of nitro benzene ring substituents is 2. The highest BCUT2D eigenvalue weighted by Gasteiger charge is 2.19. The van der Waals surface area contributed by atoms with E-state index < -0.39 is 9.85 Å². The highest BCUT2D eigenvalue weighted by Crippen LogP contribution is 2.32. The third-order valence-electron chi connectivity index (χ3n) is 3.15. The Morgan fingerprint density at radius 2 is 1.83 bits per heavy atom. The Labute approximate surface area is 131 Å². The van der Waals surface area contributed by atoms with E-state index in [1.165, 1.54) is 12.1 Å². The van der Waals surface area contributed by atoms with Crippen LogP contribution in [0.15, 0.2) is 41.4 Å². The number of rotatable bonds is 5. The zero-order valence-corrected chi connectivity index (χ0v) is 12.5. The quantitative estimate of drug-likeness (QED) is 0.503. The van der Waals surface area contributed by atoms with Crippen molar-refractivity contribution in [2.45, 2.75) is 13.8 Å². The zero-order chi connectivity index (χ0) is 17.0. The van der Waals surface area contributed by atoms with Gasteiger partial charge in [-0.3, -0.25) is 25.2 Å². The van der Waals surface area contributed by atoms with Crippen LogP contribution in [0, 0.1) is 27.2 Å². The van der Waals surface area contributed by atoms with Crippen LogP contribution in [-0.4, -0.2) is 16.1 Å². The van der Waals surface area contributed by atoms with E-state index in [4.69, 9.17) is 0 Å². The molecule has 0 heterocycles. The summed E-state index contributed by atoms with van der Waals surface area (Å²) in [5, 5.41) is 24.8. The third-order valence-corrected chi connectivity index (χ3v) is 3.15. The van der Waals surface area contributed by atoms with Crippen LogP contribution in [0.2, 0.25) is 0 Å². The first-order valence-electron chi connectivity index (χ1n) is 6.71. The molecule has 0 radical (unpaired) electrons. The summed E-state index contributed by atoms with van der Waals surface area (Å²) >= 11 is 0. The molecule has 118 valence electrons. The molecule has 0 spiro atoms. The minimum atomic E-state index is -0.670. The molecule has 2 aromatic carbocycles. The molecule has 0 saturated heterocycles. The maximum absolute atomic E-state index is 11.1. The molecular formula is C15H14N4O4. The summed E-state index contributed by atoms with van der Waals surface area (Å²) < 4.78 is 0. The van der Waals surface area contributed by atoms with Crippen LogP contribution in [0.4, 0.5) is 28.4 Å². The largest absolute Gasteiger partial charge is 0.350 e. The molecule has 8 heteroatoms. The van der Waals surface area contributed by atoms with E-state index in [0.717, 1.165) is 17.3 Å². The Morgan fingerprint density at radius 3 is 2.43 bits per heavy atom. The Hall–Kier alpha value is -3.29. The lowest BCUT2D eigenvalue weighted by Gasteiger charge is -2.09. The fraction of sp³-hybridized carbons (Fsp3) is 0.133. The van der Waals surface area contributed by atoms with Crippen LogP contribution in [0.1, 0.15) is 12.5 Å². The van der Waals surface area contributed by atoms with Crippen LogP contribution < -0.4 is 5.32 Å². The first-order chi connectivity index (χ1) is 10.9. The minimum absolute atomic E-state index is 0.177. The van der Waals surface area contributed by atoms with Crippen LogP contribution >= 0.6 is 0 Å². The van der Waals surface area contributed by atoms with Crippen LogP contribution in [-0.2, 0) is 0 Å². The van der Waals surface area contributed by atoms with E-state index in [-0.39, 0.29) is 17.1 Å². The molecule has 2 aromatic rings. The number of hydrogen-bond donors (Lipinski definition) is 1. The number of non-ortho nitro benzene ring substituents is 1. The molecule has 1 N–H and O–H groups in total. The Balaban J connectivity index is 2.42. The van der Waals surface area contributed by atoms with Crippen molar-refractivity contribution in [3.8, 4) is 0 Å². The Kier molecular flexibility index (Phi) is 4.65. The fourth-order valence-corrected chi connectivity index (χ4v) is 2.01. The van der Waals surface area contributed by atoms with Crippen molar-refractivity contribution in [3.63, 3.8) is 0 Å². The molecule has 0 aromatic heterocycles. The smallest absolute Gasteiger partial charge is 0.299 e. The highest BCUT2D eigenvalue weighted by molar-refractivity contribution is 5.74. The molecule has 0 aliphatic carbocycles. The van der Waals surface area contributed by atoms with Gasteiger partial charge in [0, 0.05) is 18.0 Å². The first kappa shape index (κ1) is 16.1. The summed E-state index contributed by atoms with van der Waals surface area (Å²) in [5.41, 5.74) is 1.79. The number of nitrogens with one attached hydrogen (secondary N) is 1. The van der Waals surface area contributed by atoms with E-state index in [1.807, 2.05) is 13.0 Å².